The van der Waals surface area contributed by atoms with Crippen LogP contribution in [0.15, 0.2) is 48.5 Å². The minimum Gasteiger partial charge on any atom is -0.352 e. The Bertz CT molecular complexity index is 765. The van der Waals surface area contributed by atoms with E-state index in [1.165, 1.54) is 0 Å². The lowest BCUT2D eigenvalue weighted by Crippen LogP contribution is -2.23. The Hall–Kier alpha value is -2.84. The molecular formula is C19H18ClN3O2. The molecule has 2 aromatic rings. The highest BCUT2D eigenvalue weighted by Crippen LogP contribution is 2.12. The fourth-order valence-corrected chi connectivity index (χ4v) is 2.31. The normalized spacial score (nSPS) is 9.92. The zero-order valence-corrected chi connectivity index (χ0v) is 14.3. The molecule has 0 radical (unpaired) electrons. The van der Waals surface area contributed by atoms with Crippen molar-refractivity contribution >= 4 is 29.1 Å². The topological polar surface area (TPSA) is 82.0 Å². The van der Waals surface area contributed by atoms with Gasteiger partial charge in [-0.1, -0.05) is 35.9 Å². The summed E-state index contributed by atoms with van der Waals surface area (Å²) in [7, 11) is 0. The van der Waals surface area contributed by atoms with E-state index in [4.69, 9.17) is 16.9 Å². The van der Waals surface area contributed by atoms with Gasteiger partial charge in [-0.05, 0) is 41.8 Å². The number of anilines is 1. The summed E-state index contributed by atoms with van der Waals surface area (Å²) in [6.45, 7) is 0.422. The summed E-state index contributed by atoms with van der Waals surface area (Å²) in [4.78, 5) is 23.2. The third kappa shape index (κ3) is 6.66. The van der Waals surface area contributed by atoms with Crippen LogP contribution < -0.4 is 10.6 Å². The highest BCUT2D eigenvalue weighted by molar-refractivity contribution is 6.30. The summed E-state index contributed by atoms with van der Waals surface area (Å²) in [6.07, 6.45) is 0.891. The van der Waals surface area contributed by atoms with Crippen molar-refractivity contribution in [2.24, 2.45) is 0 Å². The lowest BCUT2D eigenvalue weighted by Gasteiger charge is -2.07. The molecule has 6 heteroatoms. The predicted molar refractivity (Wildman–Crippen MR) is 96.9 cm³/mol. The summed E-state index contributed by atoms with van der Waals surface area (Å²) < 4.78 is 0. The first kappa shape index (κ1) is 18.5. The van der Waals surface area contributed by atoms with Crippen molar-refractivity contribution < 1.29 is 9.59 Å². The predicted octanol–water partition coefficient (Wildman–Crippen LogP) is 3.44. The number of rotatable bonds is 7. The van der Waals surface area contributed by atoms with Gasteiger partial charge in [-0.2, -0.15) is 5.26 Å². The highest BCUT2D eigenvalue weighted by atomic mass is 35.5. The van der Waals surface area contributed by atoms with E-state index >= 15 is 0 Å². The summed E-state index contributed by atoms with van der Waals surface area (Å²) >= 11 is 5.83. The maximum Gasteiger partial charge on any atom is 0.238 e. The van der Waals surface area contributed by atoms with Gasteiger partial charge in [0.25, 0.3) is 0 Å². The van der Waals surface area contributed by atoms with Gasteiger partial charge >= 0.3 is 0 Å². The van der Waals surface area contributed by atoms with Crippen LogP contribution in [0.25, 0.3) is 0 Å². The van der Waals surface area contributed by atoms with Crippen molar-refractivity contribution in [2.45, 2.75) is 25.8 Å². The smallest absolute Gasteiger partial charge is 0.238 e. The molecule has 0 aliphatic heterocycles. The van der Waals surface area contributed by atoms with E-state index in [2.05, 4.69) is 10.6 Å². The molecule has 0 heterocycles. The number of halogens is 1. The number of nitriles is 1. The zero-order valence-electron chi connectivity index (χ0n) is 13.6. The van der Waals surface area contributed by atoms with Crippen LogP contribution in [0.5, 0.6) is 0 Å². The van der Waals surface area contributed by atoms with Crippen molar-refractivity contribution in [3.63, 3.8) is 0 Å². The molecule has 0 aliphatic carbocycles. The molecule has 0 bridgehead atoms. The molecule has 0 aromatic heterocycles. The number of carbonyl (C=O) groups is 2. The van der Waals surface area contributed by atoms with Crippen LogP contribution >= 0.6 is 11.6 Å². The first-order valence-electron chi connectivity index (χ1n) is 7.83. The lowest BCUT2D eigenvalue weighted by atomic mass is 10.1. The van der Waals surface area contributed by atoms with E-state index in [9.17, 15) is 9.59 Å². The second-order valence-corrected chi connectivity index (χ2v) is 5.92. The van der Waals surface area contributed by atoms with Gasteiger partial charge in [0.15, 0.2) is 0 Å². The number of amides is 2. The molecule has 0 saturated carbocycles. The van der Waals surface area contributed by atoms with Crippen LogP contribution in [0.1, 0.15) is 24.0 Å². The monoisotopic (exact) mass is 355 g/mol. The molecular weight excluding hydrogens is 338 g/mol. The van der Waals surface area contributed by atoms with Crippen molar-refractivity contribution in [1.29, 1.82) is 5.26 Å². The third-order valence-electron chi connectivity index (χ3n) is 3.52. The number of nitrogens with one attached hydrogen (secondary N) is 2. The van der Waals surface area contributed by atoms with E-state index in [0.717, 1.165) is 11.1 Å². The van der Waals surface area contributed by atoms with Crippen LogP contribution in [0.2, 0.25) is 5.02 Å². The number of carbonyl (C=O) groups excluding carboxylic acids is 2. The average molecular weight is 356 g/mol. The second kappa shape index (κ2) is 9.45. The average Bonchev–Trinajstić information content (AvgIpc) is 2.61. The molecule has 25 heavy (non-hydrogen) atoms. The standard InChI is InChI=1S/C19H18ClN3O2/c20-16-6-1-14(2-7-16)5-10-18(24)22-13-15-3-8-17(9-4-15)23-19(25)11-12-21/h1-4,6-9H,5,10-11,13H2,(H,22,24)(H,23,25). The first-order valence-corrected chi connectivity index (χ1v) is 8.21. The van der Waals surface area contributed by atoms with E-state index in [1.807, 2.05) is 36.4 Å². The minimum atomic E-state index is -0.342. The fourth-order valence-electron chi connectivity index (χ4n) is 2.18. The van der Waals surface area contributed by atoms with Crippen molar-refractivity contribution in [3.8, 4) is 6.07 Å². The van der Waals surface area contributed by atoms with Crippen molar-refractivity contribution in [1.82, 2.24) is 5.32 Å². The quantitative estimate of drug-likeness (QED) is 0.798. The Morgan fingerprint density at radius 3 is 2.24 bits per heavy atom. The largest absolute Gasteiger partial charge is 0.352 e. The van der Waals surface area contributed by atoms with Gasteiger partial charge in [-0.3, -0.25) is 9.59 Å². The molecule has 5 nitrogen and oxygen atoms in total. The van der Waals surface area contributed by atoms with Gasteiger partial charge in [0.2, 0.25) is 11.8 Å². The van der Waals surface area contributed by atoms with E-state index in [-0.39, 0.29) is 18.2 Å². The molecule has 2 rings (SSSR count). The molecule has 2 N–H and O–H groups in total. The maximum absolute atomic E-state index is 11.9. The van der Waals surface area contributed by atoms with Crippen LogP contribution in [-0.2, 0) is 22.6 Å². The van der Waals surface area contributed by atoms with Gasteiger partial charge in [0.05, 0.1) is 6.07 Å². The maximum atomic E-state index is 11.9. The van der Waals surface area contributed by atoms with Gasteiger partial charge in [0, 0.05) is 23.7 Å². The molecule has 0 spiro atoms. The second-order valence-electron chi connectivity index (χ2n) is 5.48. The Balaban J connectivity index is 1.75. The van der Waals surface area contributed by atoms with Crippen LogP contribution in [0.4, 0.5) is 5.69 Å². The van der Waals surface area contributed by atoms with E-state index in [0.29, 0.717) is 30.1 Å². The molecule has 2 amide bonds. The number of hydrogen-bond acceptors (Lipinski definition) is 3. The van der Waals surface area contributed by atoms with Crippen LogP contribution in [-0.4, -0.2) is 11.8 Å². The zero-order chi connectivity index (χ0) is 18.1. The number of benzene rings is 2. The highest BCUT2D eigenvalue weighted by Gasteiger charge is 2.04. The number of nitrogens with zero attached hydrogens (tertiary/aromatic N) is 1. The van der Waals surface area contributed by atoms with E-state index < -0.39 is 0 Å². The molecule has 2 aromatic carbocycles. The summed E-state index contributed by atoms with van der Waals surface area (Å²) in [5, 5.41) is 14.6. The van der Waals surface area contributed by atoms with E-state index in [1.54, 1.807) is 18.2 Å². The third-order valence-corrected chi connectivity index (χ3v) is 3.77. The Labute approximate surface area is 151 Å². The SMILES string of the molecule is N#CCC(=O)Nc1ccc(CNC(=O)CCc2ccc(Cl)cc2)cc1. The van der Waals surface area contributed by atoms with Crippen LogP contribution in [0, 0.1) is 11.3 Å². The molecule has 0 fully saturated rings. The van der Waals surface area contributed by atoms with Gasteiger partial charge in [0.1, 0.15) is 6.42 Å². The summed E-state index contributed by atoms with van der Waals surface area (Å²) in [5.74, 6) is -0.368. The minimum absolute atomic E-state index is 0.0265. The molecule has 0 unspecified atom stereocenters. The fraction of sp³-hybridized carbons (Fsp3) is 0.211. The van der Waals surface area contributed by atoms with Crippen LogP contribution in [0.3, 0.4) is 0 Å². The number of aryl methyl sites for hydroxylation is 1. The van der Waals surface area contributed by atoms with Gasteiger partial charge in [-0.25, -0.2) is 0 Å². The summed E-state index contributed by atoms with van der Waals surface area (Å²) in [6, 6.07) is 16.4. The first-order chi connectivity index (χ1) is 12.1. The van der Waals surface area contributed by atoms with Gasteiger partial charge in [-0.15, -0.1) is 0 Å². The Morgan fingerprint density at radius 1 is 0.960 bits per heavy atom. The lowest BCUT2D eigenvalue weighted by molar-refractivity contribution is -0.121. The molecule has 128 valence electrons. The summed E-state index contributed by atoms with van der Waals surface area (Å²) in [5.41, 5.74) is 2.62. The van der Waals surface area contributed by atoms with Gasteiger partial charge < -0.3 is 10.6 Å². The van der Waals surface area contributed by atoms with Crippen molar-refractivity contribution in [3.05, 3.63) is 64.7 Å². The Kier molecular flexibility index (Phi) is 7.00. The Morgan fingerprint density at radius 2 is 1.60 bits per heavy atom. The van der Waals surface area contributed by atoms with Crippen molar-refractivity contribution in [2.75, 3.05) is 5.32 Å². The molecule has 0 saturated heterocycles. The molecule has 0 aliphatic rings. The molecule has 0 atom stereocenters. The number of hydrogen-bond donors (Lipinski definition) is 2.